The smallest absolute Gasteiger partial charge is 0.192 e. The van der Waals surface area contributed by atoms with Crippen LogP contribution >= 0.6 is 0 Å². The van der Waals surface area contributed by atoms with E-state index in [2.05, 4.69) is 4.98 Å². The Bertz CT molecular complexity index is 558. The monoisotopic (exact) mass is 243 g/mol. The van der Waals surface area contributed by atoms with Crippen LogP contribution in [0.2, 0.25) is 0 Å². The lowest BCUT2D eigenvalue weighted by Gasteiger charge is -2.18. The van der Waals surface area contributed by atoms with E-state index >= 15 is 0 Å². The van der Waals surface area contributed by atoms with Gasteiger partial charge in [0.2, 0.25) is 0 Å². The van der Waals surface area contributed by atoms with E-state index in [0.717, 1.165) is 10.8 Å². The molecule has 94 valence electrons. The second-order valence-corrected chi connectivity index (χ2v) is 4.67. The largest absolute Gasteiger partial charge is 0.373 e. The molecule has 0 spiro atoms. The number of hydrogen-bond donors (Lipinski definition) is 0. The Morgan fingerprint density at radius 2 is 2.06 bits per heavy atom. The minimum Gasteiger partial charge on any atom is -0.373 e. The minimum atomic E-state index is -0.407. The molecule has 3 nitrogen and oxygen atoms in total. The van der Waals surface area contributed by atoms with Gasteiger partial charge in [-0.1, -0.05) is 32.0 Å². The Morgan fingerprint density at radius 1 is 1.28 bits per heavy atom. The van der Waals surface area contributed by atoms with E-state index in [1.165, 1.54) is 0 Å². The Kier molecular flexibility index (Phi) is 3.72. The molecule has 1 aromatic heterocycles. The zero-order chi connectivity index (χ0) is 13.1. The number of carbonyl (C=O) groups is 1. The molecule has 1 unspecified atom stereocenters. The summed E-state index contributed by atoms with van der Waals surface area (Å²) < 4.78 is 5.31. The molecule has 2 aromatic rings. The number of Topliss-reactive ketones (excluding diaryl/α,β-unsaturated/α-hetero) is 1. The van der Waals surface area contributed by atoms with Gasteiger partial charge in [-0.2, -0.15) is 0 Å². The van der Waals surface area contributed by atoms with Gasteiger partial charge >= 0.3 is 0 Å². The number of aromatic nitrogens is 1. The van der Waals surface area contributed by atoms with Crippen LogP contribution in [-0.4, -0.2) is 24.0 Å². The number of nitrogens with zero attached hydrogens (tertiary/aromatic N) is 1. The standard InChI is InChI=1S/C15H17NO2/c1-10(2)15(18-3)14(17)12-6-4-5-11-7-8-16-9-13(11)12/h4-10,15H,1-3H3. The molecule has 0 radical (unpaired) electrons. The number of ether oxygens (including phenoxy) is 1. The minimum absolute atomic E-state index is 0.0195. The van der Waals surface area contributed by atoms with E-state index in [1.54, 1.807) is 19.5 Å². The molecule has 0 N–H and O–H groups in total. The molecule has 2 rings (SSSR count). The Hall–Kier alpha value is -1.74. The van der Waals surface area contributed by atoms with Crippen LogP contribution in [0.4, 0.5) is 0 Å². The Labute approximate surface area is 107 Å². The second kappa shape index (κ2) is 5.27. The Morgan fingerprint density at radius 3 is 2.72 bits per heavy atom. The third kappa shape index (κ3) is 2.27. The highest BCUT2D eigenvalue weighted by atomic mass is 16.5. The molecule has 0 fully saturated rings. The van der Waals surface area contributed by atoms with Crippen molar-refractivity contribution in [3.05, 3.63) is 42.2 Å². The number of pyridine rings is 1. The third-order valence-electron chi connectivity index (χ3n) is 3.07. The van der Waals surface area contributed by atoms with E-state index < -0.39 is 6.10 Å². The fraction of sp³-hybridized carbons (Fsp3) is 0.333. The van der Waals surface area contributed by atoms with E-state index in [-0.39, 0.29) is 11.7 Å². The predicted octanol–water partition coefficient (Wildman–Crippen LogP) is 3.09. The van der Waals surface area contributed by atoms with Crippen LogP contribution in [0.5, 0.6) is 0 Å². The molecule has 0 bridgehead atoms. The van der Waals surface area contributed by atoms with E-state index in [0.29, 0.717) is 5.56 Å². The summed E-state index contributed by atoms with van der Waals surface area (Å²) in [6, 6.07) is 7.61. The molecule has 0 amide bonds. The maximum atomic E-state index is 12.5. The van der Waals surface area contributed by atoms with Gasteiger partial charge < -0.3 is 4.74 Å². The predicted molar refractivity (Wildman–Crippen MR) is 71.7 cm³/mol. The van der Waals surface area contributed by atoms with Gasteiger partial charge in [-0.15, -0.1) is 0 Å². The number of ketones is 1. The summed E-state index contributed by atoms with van der Waals surface area (Å²) in [5, 5.41) is 1.90. The van der Waals surface area contributed by atoms with Crippen LogP contribution in [0.25, 0.3) is 10.8 Å². The summed E-state index contributed by atoms with van der Waals surface area (Å²) in [6.45, 7) is 3.96. The van der Waals surface area contributed by atoms with E-state index in [4.69, 9.17) is 4.74 Å². The lowest BCUT2D eigenvalue weighted by Crippen LogP contribution is -2.28. The average Bonchev–Trinajstić information content (AvgIpc) is 2.38. The van der Waals surface area contributed by atoms with Crippen molar-refractivity contribution >= 4 is 16.6 Å². The fourth-order valence-electron chi connectivity index (χ4n) is 2.16. The van der Waals surface area contributed by atoms with Gasteiger partial charge in [-0.3, -0.25) is 9.78 Å². The topological polar surface area (TPSA) is 39.2 Å². The number of hydrogen-bond acceptors (Lipinski definition) is 3. The Balaban J connectivity index is 2.51. The highest BCUT2D eigenvalue weighted by molar-refractivity contribution is 6.09. The summed E-state index contributed by atoms with van der Waals surface area (Å²) in [5.41, 5.74) is 0.682. The normalized spacial score (nSPS) is 12.9. The number of methoxy groups -OCH3 is 1. The van der Waals surface area contributed by atoms with Crippen molar-refractivity contribution < 1.29 is 9.53 Å². The molecule has 1 aromatic carbocycles. The average molecular weight is 243 g/mol. The highest BCUT2D eigenvalue weighted by Crippen LogP contribution is 2.21. The lowest BCUT2D eigenvalue weighted by atomic mass is 9.94. The molecule has 0 saturated heterocycles. The summed E-state index contributed by atoms with van der Waals surface area (Å²) in [4.78, 5) is 16.6. The van der Waals surface area contributed by atoms with Crippen molar-refractivity contribution in [1.82, 2.24) is 4.98 Å². The fourth-order valence-corrected chi connectivity index (χ4v) is 2.16. The van der Waals surface area contributed by atoms with Gasteiger partial charge in [0.1, 0.15) is 6.10 Å². The molecule has 0 aliphatic carbocycles. The molecule has 18 heavy (non-hydrogen) atoms. The van der Waals surface area contributed by atoms with Crippen LogP contribution in [0.1, 0.15) is 24.2 Å². The van der Waals surface area contributed by atoms with Crippen LogP contribution < -0.4 is 0 Å². The summed E-state index contributed by atoms with van der Waals surface area (Å²) in [5.74, 6) is 0.167. The van der Waals surface area contributed by atoms with E-state index in [9.17, 15) is 4.79 Å². The molecular formula is C15H17NO2. The molecule has 0 aliphatic rings. The molecule has 0 saturated carbocycles. The molecule has 1 heterocycles. The SMILES string of the molecule is COC(C(=O)c1cccc2ccncc12)C(C)C. The number of benzene rings is 1. The van der Waals surface area contributed by atoms with Gasteiger partial charge in [-0.05, 0) is 17.4 Å². The third-order valence-corrected chi connectivity index (χ3v) is 3.07. The number of carbonyl (C=O) groups excluding carboxylic acids is 1. The summed E-state index contributed by atoms with van der Waals surface area (Å²) >= 11 is 0. The summed E-state index contributed by atoms with van der Waals surface area (Å²) in [6.07, 6.45) is 3.05. The van der Waals surface area contributed by atoms with Crippen molar-refractivity contribution in [2.24, 2.45) is 5.92 Å². The summed E-state index contributed by atoms with van der Waals surface area (Å²) in [7, 11) is 1.58. The first-order valence-corrected chi connectivity index (χ1v) is 6.05. The van der Waals surface area contributed by atoms with Gasteiger partial charge in [0.05, 0.1) is 0 Å². The first kappa shape index (κ1) is 12.7. The molecular weight excluding hydrogens is 226 g/mol. The first-order chi connectivity index (χ1) is 8.65. The number of fused-ring (bicyclic) bond motifs is 1. The van der Waals surface area contributed by atoms with Gasteiger partial charge in [-0.25, -0.2) is 0 Å². The van der Waals surface area contributed by atoms with Crippen molar-refractivity contribution in [3.63, 3.8) is 0 Å². The van der Waals surface area contributed by atoms with Crippen LogP contribution in [-0.2, 0) is 4.74 Å². The van der Waals surface area contributed by atoms with Gasteiger partial charge in [0, 0.05) is 30.5 Å². The van der Waals surface area contributed by atoms with Crippen molar-refractivity contribution in [3.8, 4) is 0 Å². The zero-order valence-electron chi connectivity index (χ0n) is 10.9. The maximum absolute atomic E-state index is 12.5. The zero-order valence-corrected chi connectivity index (χ0v) is 10.9. The second-order valence-electron chi connectivity index (χ2n) is 4.67. The van der Waals surface area contributed by atoms with Crippen molar-refractivity contribution in [1.29, 1.82) is 0 Å². The quantitative estimate of drug-likeness (QED) is 0.775. The van der Waals surface area contributed by atoms with Crippen molar-refractivity contribution in [2.75, 3.05) is 7.11 Å². The van der Waals surface area contributed by atoms with Gasteiger partial charge in [0.25, 0.3) is 0 Å². The molecule has 1 atom stereocenters. The van der Waals surface area contributed by atoms with Crippen molar-refractivity contribution in [2.45, 2.75) is 20.0 Å². The van der Waals surface area contributed by atoms with E-state index in [1.807, 2.05) is 38.1 Å². The maximum Gasteiger partial charge on any atom is 0.192 e. The van der Waals surface area contributed by atoms with Crippen LogP contribution in [0, 0.1) is 5.92 Å². The molecule has 0 aliphatic heterocycles. The van der Waals surface area contributed by atoms with Crippen LogP contribution in [0.15, 0.2) is 36.7 Å². The highest BCUT2D eigenvalue weighted by Gasteiger charge is 2.24. The molecule has 3 heteroatoms. The number of rotatable bonds is 4. The lowest BCUT2D eigenvalue weighted by molar-refractivity contribution is 0.0460. The van der Waals surface area contributed by atoms with Crippen LogP contribution in [0.3, 0.4) is 0 Å². The van der Waals surface area contributed by atoms with Gasteiger partial charge in [0.15, 0.2) is 5.78 Å². The first-order valence-electron chi connectivity index (χ1n) is 6.05.